The lowest BCUT2D eigenvalue weighted by atomic mass is 10.3. The second-order valence-corrected chi connectivity index (χ2v) is 5.59. The number of urea groups is 1. The third-order valence-corrected chi connectivity index (χ3v) is 3.87. The average Bonchev–Trinajstić information content (AvgIpc) is 2.91. The largest absolute Gasteiger partial charge is 0.324 e. The van der Waals surface area contributed by atoms with Crippen LogP contribution in [0.1, 0.15) is 25.3 Å². The normalized spacial score (nSPS) is 14.8. The third-order valence-electron chi connectivity index (χ3n) is 2.93. The summed E-state index contributed by atoms with van der Waals surface area (Å²) in [5, 5.41) is 2.87. The van der Waals surface area contributed by atoms with E-state index in [-0.39, 0.29) is 6.03 Å². The van der Waals surface area contributed by atoms with Crippen molar-refractivity contribution >= 4 is 23.6 Å². The highest BCUT2D eigenvalue weighted by molar-refractivity contribution is 7.98. The number of carbonyl (C=O) groups is 1. The Bertz CT molecular complexity index is 405. The van der Waals surface area contributed by atoms with Crippen LogP contribution in [0.25, 0.3) is 0 Å². The first-order chi connectivity index (χ1) is 8.79. The first-order valence-corrected chi connectivity index (χ1v) is 7.53. The van der Waals surface area contributed by atoms with Crippen LogP contribution in [-0.2, 0) is 5.75 Å². The summed E-state index contributed by atoms with van der Waals surface area (Å²) in [6.07, 6.45) is 3.97. The highest BCUT2D eigenvalue weighted by Gasteiger charge is 2.17. The summed E-state index contributed by atoms with van der Waals surface area (Å²) in [6.45, 7) is 3.86. The van der Waals surface area contributed by atoms with Crippen molar-refractivity contribution in [3.05, 3.63) is 23.9 Å². The number of anilines is 1. The fourth-order valence-electron chi connectivity index (χ4n) is 1.96. The van der Waals surface area contributed by atoms with E-state index in [1.54, 1.807) is 6.20 Å². The summed E-state index contributed by atoms with van der Waals surface area (Å²) in [4.78, 5) is 17.9. The first-order valence-electron chi connectivity index (χ1n) is 6.38. The number of hydrogen-bond acceptors (Lipinski definition) is 3. The van der Waals surface area contributed by atoms with Crippen molar-refractivity contribution in [2.75, 3.05) is 24.2 Å². The van der Waals surface area contributed by atoms with Crippen LogP contribution in [0.15, 0.2) is 18.3 Å². The van der Waals surface area contributed by atoms with Crippen LogP contribution in [0, 0.1) is 0 Å². The molecule has 1 aromatic rings. The maximum absolute atomic E-state index is 11.9. The van der Waals surface area contributed by atoms with Crippen LogP contribution >= 0.6 is 11.8 Å². The molecule has 0 radical (unpaired) electrons. The fourth-order valence-corrected chi connectivity index (χ4v) is 2.58. The van der Waals surface area contributed by atoms with Gasteiger partial charge in [-0.15, -0.1) is 0 Å². The Morgan fingerprint density at radius 3 is 3.00 bits per heavy atom. The Morgan fingerprint density at radius 2 is 2.28 bits per heavy atom. The van der Waals surface area contributed by atoms with E-state index in [2.05, 4.69) is 17.2 Å². The van der Waals surface area contributed by atoms with Gasteiger partial charge >= 0.3 is 6.03 Å². The number of nitrogens with zero attached hydrogens (tertiary/aromatic N) is 2. The smallest absolute Gasteiger partial charge is 0.323 e. The Hall–Kier alpha value is -1.23. The minimum absolute atomic E-state index is 0.0275. The Balaban J connectivity index is 1.93. The highest BCUT2D eigenvalue weighted by atomic mass is 32.2. The van der Waals surface area contributed by atoms with Crippen molar-refractivity contribution in [2.24, 2.45) is 0 Å². The molecule has 1 fully saturated rings. The van der Waals surface area contributed by atoms with E-state index in [4.69, 9.17) is 0 Å². The molecule has 2 amide bonds. The van der Waals surface area contributed by atoms with E-state index in [0.717, 1.165) is 37.4 Å². The van der Waals surface area contributed by atoms with Crippen molar-refractivity contribution in [3.63, 3.8) is 0 Å². The van der Waals surface area contributed by atoms with Gasteiger partial charge in [-0.3, -0.25) is 5.32 Å². The number of rotatable bonds is 4. The third kappa shape index (κ3) is 3.63. The molecule has 0 aliphatic carbocycles. The number of carbonyl (C=O) groups excluding carboxylic acids is 1. The van der Waals surface area contributed by atoms with Gasteiger partial charge in [0.1, 0.15) is 5.82 Å². The molecule has 0 spiro atoms. The van der Waals surface area contributed by atoms with E-state index >= 15 is 0 Å². The summed E-state index contributed by atoms with van der Waals surface area (Å²) >= 11 is 1.86. The molecule has 1 N–H and O–H groups in total. The van der Waals surface area contributed by atoms with Crippen LogP contribution < -0.4 is 5.32 Å². The number of aromatic nitrogens is 1. The Morgan fingerprint density at radius 1 is 1.50 bits per heavy atom. The zero-order chi connectivity index (χ0) is 12.8. The van der Waals surface area contributed by atoms with Crippen molar-refractivity contribution in [2.45, 2.75) is 25.5 Å². The van der Waals surface area contributed by atoms with Gasteiger partial charge in [-0.1, -0.05) is 6.92 Å². The molecular weight excluding hydrogens is 246 g/mol. The second kappa shape index (κ2) is 6.64. The first kappa shape index (κ1) is 13.2. The second-order valence-electron chi connectivity index (χ2n) is 4.31. The average molecular weight is 265 g/mol. The van der Waals surface area contributed by atoms with Gasteiger partial charge < -0.3 is 4.90 Å². The summed E-state index contributed by atoms with van der Waals surface area (Å²) in [5.41, 5.74) is 1.20. The number of pyridine rings is 1. The number of likely N-dealkylation sites (tertiary alicyclic amines) is 1. The van der Waals surface area contributed by atoms with E-state index in [1.165, 1.54) is 5.56 Å². The molecule has 18 heavy (non-hydrogen) atoms. The highest BCUT2D eigenvalue weighted by Crippen LogP contribution is 2.15. The zero-order valence-electron chi connectivity index (χ0n) is 10.7. The number of amides is 2. The van der Waals surface area contributed by atoms with E-state index in [1.807, 2.05) is 28.8 Å². The fraction of sp³-hybridized carbons (Fsp3) is 0.538. The van der Waals surface area contributed by atoms with Gasteiger partial charge in [0.05, 0.1) is 0 Å². The van der Waals surface area contributed by atoms with Gasteiger partial charge in [0, 0.05) is 25.0 Å². The molecule has 0 aromatic carbocycles. The van der Waals surface area contributed by atoms with Crippen LogP contribution in [-0.4, -0.2) is 34.8 Å². The van der Waals surface area contributed by atoms with E-state index < -0.39 is 0 Å². The molecule has 1 aliphatic rings. The van der Waals surface area contributed by atoms with Gasteiger partial charge in [-0.25, -0.2) is 9.78 Å². The summed E-state index contributed by atoms with van der Waals surface area (Å²) in [7, 11) is 0. The van der Waals surface area contributed by atoms with Crippen molar-refractivity contribution in [1.29, 1.82) is 0 Å². The molecule has 0 unspecified atom stereocenters. The van der Waals surface area contributed by atoms with Crippen LogP contribution in [0.3, 0.4) is 0 Å². The lowest BCUT2D eigenvalue weighted by molar-refractivity contribution is 0.222. The van der Waals surface area contributed by atoms with Gasteiger partial charge in [-0.2, -0.15) is 11.8 Å². The van der Waals surface area contributed by atoms with Gasteiger partial charge in [0.15, 0.2) is 0 Å². The van der Waals surface area contributed by atoms with Crippen molar-refractivity contribution < 1.29 is 4.79 Å². The molecule has 98 valence electrons. The Labute approximate surface area is 112 Å². The van der Waals surface area contributed by atoms with Crippen LogP contribution in [0.5, 0.6) is 0 Å². The zero-order valence-corrected chi connectivity index (χ0v) is 11.5. The number of thioether (sulfide) groups is 1. The van der Waals surface area contributed by atoms with Gasteiger partial charge in [-0.05, 0) is 36.3 Å². The maximum Gasteiger partial charge on any atom is 0.323 e. The molecule has 5 heteroatoms. The lowest BCUT2D eigenvalue weighted by Gasteiger charge is -2.15. The maximum atomic E-state index is 11.9. The van der Waals surface area contributed by atoms with Gasteiger partial charge in [0.2, 0.25) is 0 Å². The molecule has 0 bridgehead atoms. The molecule has 2 heterocycles. The van der Waals surface area contributed by atoms with Crippen molar-refractivity contribution in [3.8, 4) is 0 Å². The van der Waals surface area contributed by atoms with Crippen molar-refractivity contribution in [1.82, 2.24) is 9.88 Å². The van der Waals surface area contributed by atoms with Crippen LogP contribution in [0.2, 0.25) is 0 Å². The predicted octanol–water partition coefficient (Wildman–Crippen LogP) is 2.96. The van der Waals surface area contributed by atoms with Gasteiger partial charge in [0.25, 0.3) is 0 Å². The molecule has 0 atom stereocenters. The molecular formula is C13H19N3OS. The lowest BCUT2D eigenvalue weighted by Crippen LogP contribution is -2.32. The molecule has 1 aliphatic heterocycles. The van der Waals surface area contributed by atoms with E-state index in [9.17, 15) is 4.79 Å². The number of nitrogens with one attached hydrogen (secondary N) is 1. The minimum atomic E-state index is -0.0275. The molecule has 1 saturated heterocycles. The van der Waals surface area contributed by atoms with E-state index in [0.29, 0.717) is 5.82 Å². The molecule has 0 saturated carbocycles. The van der Waals surface area contributed by atoms with Crippen LogP contribution in [0.4, 0.5) is 10.6 Å². The summed E-state index contributed by atoms with van der Waals surface area (Å²) in [6, 6.07) is 3.92. The topological polar surface area (TPSA) is 45.2 Å². The Kier molecular flexibility index (Phi) is 4.87. The quantitative estimate of drug-likeness (QED) is 0.910. The molecule has 2 rings (SSSR count). The minimum Gasteiger partial charge on any atom is -0.324 e. The predicted molar refractivity (Wildman–Crippen MR) is 75.9 cm³/mol. The molecule has 1 aromatic heterocycles. The SMILES string of the molecule is CCSCc1ccnc(NC(=O)N2CCCC2)c1. The summed E-state index contributed by atoms with van der Waals surface area (Å²) < 4.78 is 0. The summed E-state index contributed by atoms with van der Waals surface area (Å²) in [5.74, 6) is 2.71. The monoisotopic (exact) mass is 265 g/mol. The standard InChI is InChI=1S/C13H19N3OS/c1-2-18-10-11-5-6-14-12(9-11)15-13(17)16-7-3-4-8-16/h5-6,9H,2-4,7-8,10H2,1H3,(H,14,15,17). The number of hydrogen-bond donors (Lipinski definition) is 1. The molecule has 4 nitrogen and oxygen atoms in total.